The van der Waals surface area contributed by atoms with Crippen molar-refractivity contribution in [2.24, 2.45) is 16.7 Å². The van der Waals surface area contributed by atoms with Crippen molar-refractivity contribution in [3.63, 3.8) is 0 Å². The summed E-state index contributed by atoms with van der Waals surface area (Å²) in [5.74, 6) is 0.471. The molecule has 3 atom stereocenters. The second kappa shape index (κ2) is 4.96. The van der Waals surface area contributed by atoms with Crippen LogP contribution in [0.2, 0.25) is 0 Å². The minimum atomic E-state index is -0.126. The molecule has 0 saturated heterocycles. The smallest absolute Gasteiger partial charge is 0.302 e. The molecule has 1 saturated carbocycles. The summed E-state index contributed by atoms with van der Waals surface area (Å²) in [7, 11) is 0. The molecular weight excluding hydrogens is 236 g/mol. The van der Waals surface area contributed by atoms with Crippen LogP contribution in [0.5, 0.6) is 0 Å². The standard InChI is InChI=1S/C17H28O2/c1-12-7-8-13(2)17(11-12)10-6-9-16(4,5)15(17)19-14(3)18/h7,13,15H,6,8-11H2,1-5H3. The van der Waals surface area contributed by atoms with Gasteiger partial charge in [-0.3, -0.25) is 4.79 Å². The molecule has 0 aromatic heterocycles. The average Bonchev–Trinajstić information content (AvgIpc) is 2.29. The summed E-state index contributed by atoms with van der Waals surface area (Å²) in [5.41, 5.74) is 1.72. The lowest BCUT2D eigenvalue weighted by Crippen LogP contribution is -2.54. The van der Waals surface area contributed by atoms with Crippen LogP contribution in [-0.2, 0) is 9.53 Å². The number of carbonyl (C=O) groups excluding carboxylic acids is 1. The first-order valence-corrected chi connectivity index (χ1v) is 7.61. The van der Waals surface area contributed by atoms with E-state index in [-0.39, 0.29) is 22.9 Å². The van der Waals surface area contributed by atoms with E-state index in [1.54, 1.807) is 6.92 Å². The van der Waals surface area contributed by atoms with Crippen LogP contribution in [0.1, 0.15) is 66.7 Å². The summed E-state index contributed by atoms with van der Waals surface area (Å²) in [6.07, 6.45) is 8.24. The number of carbonyl (C=O) groups is 1. The van der Waals surface area contributed by atoms with Crippen LogP contribution in [0.3, 0.4) is 0 Å². The lowest BCUT2D eigenvalue weighted by Gasteiger charge is -2.55. The summed E-state index contributed by atoms with van der Waals surface area (Å²) in [4.78, 5) is 11.6. The van der Waals surface area contributed by atoms with Gasteiger partial charge in [-0.05, 0) is 38.5 Å². The molecule has 2 aliphatic rings. The number of ether oxygens (including phenoxy) is 1. The van der Waals surface area contributed by atoms with E-state index >= 15 is 0 Å². The van der Waals surface area contributed by atoms with E-state index in [1.807, 2.05) is 0 Å². The molecule has 0 aromatic carbocycles. The molecule has 0 aliphatic heterocycles. The van der Waals surface area contributed by atoms with Crippen LogP contribution in [0.4, 0.5) is 0 Å². The van der Waals surface area contributed by atoms with Crippen molar-refractivity contribution in [3.8, 4) is 0 Å². The Labute approximate surface area is 117 Å². The lowest BCUT2D eigenvalue weighted by atomic mass is 9.53. The molecule has 2 heteroatoms. The van der Waals surface area contributed by atoms with Crippen LogP contribution >= 0.6 is 0 Å². The van der Waals surface area contributed by atoms with Gasteiger partial charge in [0.05, 0.1) is 0 Å². The zero-order valence-corrected chi connectivity index (χ0v) is 13.1. The van der Waals surface area contributed by atoms with Gasteiger partial charge in [0.1, 0.15) is 6.10 Å². The highest BCUT2D eigenvalue weighted by Crippen LogP contribution is 2.57. The van der Waals surface area contributed by atoms with Gasteiger partial charge in [0.2, 0.25) is 0 Å². The quantitative estimate of drug-likeness (QED) is 0.515. The van der Waals surface area contributed by atoms with Crippen LogP contribution in [0, 0.1) is 16.7 Å². The number of rotatable bonds is 1. The molecule has 3 unspecified atom stereocenters. The predicted molar refractivity (Wildman–Crippen MR) is 77.8 cm³/mol. The Morgan fingerprint density at radius 1 is 1.37 bits per heavy atom. The molecule has 0 radical (unpaired) electrons. The Kier molecular flexibility index (Phi) is 3.81. The maximum Gasteiger partial charge on any atom is 0.302 e. The zero-order valence-electron chi connectivity index (χ0n) is 13.1. The molecule has 0 amide bonds. The van der Waals surface area contributed by atoms with E-state index < -0.39 is 0 Å². The SMILES string of the molecule is CC(=O)OC1C(C)(C)CCCC12CC(C)=CCC2C. The molecule has 108 valence electrons. The fraction of sp³-hybridized carbons (Fsp3) is 0.824. The Bertz CT molecular complexity index is 394. The van der Waals surface area contributed by atoms with Gasteiger partial charge in [-0.15, -0.1) is 0 Å². The van der Waals surface area contributed by atoms with Crippen LogP contribution in [0.25, 0.3) is 0 Å². The predicted octanol–water partition coefficient (Wildman–Crippen LogP) is 4.49. The summed E-state index contributed by atoms with van der Waals surface area (Å²) < 4.78 is 5.85. The van der Waals surface area contributed by atoms with E-state index in [0.717, 1.165) is 19.3 Å². The Morgan fingerprint density at radius 3 is 2.68 bits per heavy atom. The normalized spacial score (nSPS) is 37.8. The first kappa shape index (κ1) is 14.6. The number of hydrogen-bond acceptors (Lipinski definition) is 2. The fourth-order valence-electron chi connectivity index (χ4n) is 4.42. The van der Waals surface area contributed by atoms with Crippen LogP contribution in [0.15, 0.2) is 11.6 Å². The third-order valence-corrected chi connectivity index (χ3v) is 5.39. The van der Waals surface area contributed by atoms with Crippen molar-refractivity contribution < 1.29 is 9.53 Å². The molecule has 2 nitrogen and oxygen atoms in total. The second-order valence-electron chi connectivity index (χ2n) is 7.43. The molecule has 2 rings (SSSR count). The van der Waals surface area contributed by atoms with Crippen molar-refractivity contribution in [1.29, 1.82) is 0 Å². The molecular formula is C17H28O2. The Morgan fingerprint density at radius 2 is 2.05 bits per heavy atom. The van der Waals surface area contributed by atoms with Gasteiger partial charge in [-0.2, -0.15) is 0 Å². The van der Waals surface area contributed by atoms with Crippen molar-refractivity contribution in [1.82, 2.24) is 0 Å². The van der Waals surface area contributed by atoms with Crippen LogP contribution < -0.4 is 0 Å². The summed E-state index contributed by atoms with van der Waals surface area (Å²) >= 11 is 0. The minimum absolute atomic E-state index is 0.0601. The van der Waals surface area contributed by atoms with E-state index in [2.05, 4.69) is 33.8 Å². The third-order valence-electron chi connectivity index (χ3n) is 5.39. The monoisotopic (exact) mass is 264 g/mol. The van der Waals surface area contributed by atoms with Crippen molar-refractivity contribution in [2.45, 2.75) is 72.8 Å². The highest BCUT2D eigenvalue weighted by Gasteiger charge is 2.54. The largest absolute Gasteiger partial charge is 0.461 e. The first-order valence-electron chi connectivity index (χ1n) is 7.61. The third kappa shape index (κ3) is 2.59. The van der Waals surface area contributed by atoms with E-state index in [1.165, 1.54) is 18.4 Å². The van der Waals surface area contributed by atoms with Gasteiger partial charge < -0.3 is 4.74 Å². The van der Waals surface area contributed by atoms with Crippen molar-refractivity contribution in [2.75, 3.05) is 0 Å². The van der Waals surface area contributed by atoms with Crippen molar-refractivity contribution in [3.05, 3.63) is 11.6 Å². The highest BCUT2D eigenvalue weighted by atomic mass is 16.5. The number of allylic oxidation sites excluding steroid dienone is 2. The molecule has 0 bridgehead atoms. The minimum Gasteiger partial charge on any atom is -0.461 e. The van der Waals surface area contributed by atoms with E-state index in [9.17, 15) is 4.79 Å². The zero-order chi connectivity index (χ0) is 14.3. The van der Waals surface area contributed by atoms with E-state index in [0.29, 0.717) is 5.92 Å². The molecule has 0 aromatic rings. The molecule has 0 N–H and O–H groups in total. The van der Waals surface area contributed by atoms with Crippen LogP contribution in [-0.4, -0.2) is 12.1 Å². The second-order valence-corrected chi connectivity index (χ2v) is 7.43. The summed E-state index contributed by atoms with van der Waals surface area (Å²) in [6, 6.07) is 0. The number of esters is 1. The molecule has 1 fully saturated rings. The molecule has 1 spiro atoms. The topological polar surface area (TPSA) is 26.3 Å². The van der Waals surface area contributed by atoms with Crippen molar-refractivity contribution >= 4 is 5.97 Å². The molecule has 19 heavy (non-hydrogen) atoms. The van der Waals surface area contributed by atoms with Gasteiger partial charge in [0.15, 0.2) is 0 Å². The Hall–Kier alpha value is -0.790. The Balaban J connectivity index is 2.39. The first-order chi connectivity index (χ1) is 8.78. The maximum atomic E-state index is 11.6. The number of hydrogen-bond donors (Lipinski definition) is 0. The van der Waals surface area contributed by atoms with Gasteiger partial charge in [-0.1, -0.05) is 38.8 Å². The van der Waals surface area contributed by atoms with Gasteiger partial charge >= 0.3 is 5.97 Å². The van der Waals surface area contributed by atoms with E-state index in [4.69, 9.17) is 4.74 Å². The highest BCUT2D eigenvalue weighted by molar-refractivity contribution is 5.66. The lowest BCUT2D eigenvalue weighted by molar-refractivity contribution is -0.181. The van der Waals surface area contributed by atoms with Gasteiger partial charge in [0, 0.05) is 17.8 Å². The average molecular weight is 264 g/mol. The summed E-state index contributed by atoms with van der Waals surface area (Å²) in [6.45, 7) is 10.6. The summed E-state index contributed by atoms with van der Waals surface area (Å²) in [5, 5.41) is 0. The van der Waals surface area contributed by atoms with Gasteiger partial charge in [0.25, 0.3) is 0 Å². The fourth-order valence-corrected chi connectivity index (χ4v) is 4.42. The maximum absolute atomic E-state index is 11.6. The van der Waals surface area contributed by atoms with Gasteiger partial charge in [-0.25, -0.2) is 0 Å². The molecule has 0 heterocycles. The molecule has 2 aliphatic carbocycles.